The Morgan fingerprint density at radius 1 is 0.857 bits per heavy atom. The molecule has 0 unspecified atom stereocenters. The van der Waals surface area contributed by atoms with Gasteiger partial charge in [-0.05, 0) is 17.7 Å². The average Bonchev–Trinajstić information content (AvgIpc) is 2.75. The first-order chi connectivity index (χ1) is 13.7. The summed E-state index contributed by atoms with van der Waals surface area (Å²) in [5, 5.41) is 1.13. The molecule has 4 rings (SSSR count). The molecule has 0 amide bonds. The fraction of sp³-hybridized carbons (Fsp3) is 0.0870. The molecule has 28 heavy (non-hydrogen) atoms. The van der Waals surface area contributed by atoms with Crippen LogP contribution in [0.1, 0.15) is 15.9 Å². The maximum atomic E-state index is 13.1. The van der Waals surface area contributed by atoms with E-state index in [2.05, 4.69) is 4.98 Å². The highest BCUT2D eigenvalue weighted by Crippen LogP contribution is 2.20. The van der Waals surface area contributed by atoms with Gasteiger partial charge < -0.3 is 0 Å². The molecular formula is C23H18N2O2S. The molecule has 0 saturated heterocycles. The van der Waals surface area contributed by atoms with Gasteiger partial charge in [-0.25, -0.2) is 4.98 Å². The minimum absolute atomic E-state index is 0.0132. The van der Waals surface area contributed by atoms with Gasteiger partial charge in [0, 0.05) is 5.56 Å². The number of Topliss-reactive ketones (excluding diaryl/α,β-unsaturated/α-hetero) is 1. The standard InChI is InChI=1S/C23H18N2O2S/c26-21(18-11-5-2-6-12-18)16-28-23-24-20-14-8-7-13-19(20)22(27)25(23)15-17-9-3-1-4-10-17/h1-14H,15-16H2. The molecule has 4 nitrogen and oxygen atoms in total. The molecule has 1 heterocycles. The highest BCUT2D eigenvalue weighted by atomic mass is 32.2. The van der Waals surface area contributed by atoms with Crippen LogP contribution in [0, 0.1) is 0 Å². The Hall–Kier alpha value is -3.18. The second kappa shape index (κ2) is 8.23. The van der Waals surface area contributed by atoms with Crippen LogP contribution in [0.4, 0.5) is 0 Å². The third-order valence-corrected chi connectivity index (χ3v) is 5.41. The molecule has 138 valence electrons. The van der Waals surface area contributed by atoms with E-state index in [1.54, 1.807) is 22.8 Å². The number of hydrogen-bond acceptors (Lipinski definition) is 4. The van der Waals surface area contributed by atoms with Gasteiger partial charge in [0.1, 0.15) is 0 Å². The summed E-state index contributed by atoms with van der Waals surface area (Å²) >= 11 is 1.30. The lowest BCUT2D eigenvalue weighted by atomic mass is 10.2. The Labute approximate surface area is 166 Å². The minimum atomic E-state index is -0.0934. The number of hydrogen-bond donors (Lipinski definition) is 0. The number of thioether (sulfide) groups is 1. The summed E-state index contributed by atoms with van der Waals surface area (Å²) in [4.78, 5) is 30.3. The summed E-state index contributed by atoms with van der Waals surface area (Å²) in [5.74, 6) is 0.239. The number of ketones is 1. The van der Waals surface area contributed by atoms with E-state index in [9.17, 15) is 9.59 Å². The van der Waals surface area contributed by atoms with Crippen molar-refractivity contribution in [1.82, 2.24) is 9.55 Å². The van der Waals surface area contributed by atoms with E-state index < -0.39 is 0 Å². The van der Waals surface area contributed by atoms with Crippen LogP contribution < -0.4 is 5.56 Å². The van der Waals surface area contributed by atoms with E-state index >= 15 is 0 Å². The number of carbonyl (C=O) groups excluding carboxylic acids is 1. The lowest BCUT2D eigenvalue weighted by Crippen LogP contribution is -2.24. The number of aromatic nitrogens is 2. The SMILES string of the molecule is O=C(CSc1nc2ccccc2c(=O)n1Cc1ccccc1)c1ccccc1. The molecule has 0 fully saturated rings. The second-order valence-electron chi connectivity index (χ2n) is 6.37. The predicted molar refractivity (Wildman–Crippen MR) is 113 cm³/mol. The van der Waals surface area contributed by atoms with E-state index in [1.165, 1.54) is 11.8 Å². The van der Waals surface area contributed by atoms with Crippen molar-refractivity contribution in [3.63, 3.8) is 0 Å². The molecule has 0 spiro atoms. The lowest BCUT2D eigenvalue weighted by molar-refractivity contribution is 0.102. The van der Waals surface area contributed by atoms with Crippen molar-refractivity contribution in [2.45, 2.75) is 11.7 Å². The maximum Gasteiger partial charge on any atom is 0.262 e. The molecule has 0 aliphatic heterocycles. The summed E-state index contributed by atoms with van der Waals surface area (Å²) in [7, 11) is 0. The lowest BCUT2D eigenvalue weighted by Gasteiger charge is -2.13. The minimum Gasteiger partial charge on any atom is -0.293 e. The monoisotopic (exact) mass is 386 g/mol. The van der Waals surface area contributed by atoms with Crippen LogP contribution in [0.2, 0.25) is 0 Å². The normalized spacial score (nSPS) is 10.9. The van der Waals surface area contributed by atoms with Crippen LogP contribution in [0.25, 0.3) is 10.9 Å². The van der Waals surface area contributed by atoms with E-state index in [-0.39, 0.29) is 17.1 Å². The van der Waals surface area contributed by atoms with E-state index in [0.717, 1.165) is 5.56 Å². The molecule has 4 aromatic rings. The quantitative estimate of drug-likeness (QED) is 0.280. The number of benzene rings is 3. The third-order valence-electron chi connectivity index (χ3n) is 4.44. The van der Waals surface area contributed by atoms with Crippen molar-refractivity contribution < 1.29 is 4.79 Å². The third kappa shape index (κ3) is 3.89. The van der Waals surface area contributed by atoms with Gasteiger partial charge in [0.05, 0.1) is 23.2 Å². The van der Waals surface area contributed by atoms with Crippen molar-refractivity contribution in [1.29, 1.82) is 0 Å². The van der Waals surface area contributed by atoms with Gasteiger partial charge in [0.15, 0.2) is 10.9 Å². The molecule has 0 bridgehead atoms. The summed E-state index contributed by atoms with van der Waals surface area (Å²) in [5.41, 5.74) is 2.22. The molecule has 0 atom stereocenters. The van der Waals surface area contributed by atoms with Crippen LogP contribution in [-0.4, -0.2) is 21.1 Å². The summed E-state index contributed by atoms with van der Waals surface area (Å²) < 4.78 is 1.65. The molecule has 0 N–H and O–H groups in total. The second-order valence-corrected chi connectivity index (χ2v) is 7.31. The van der Waals surface area contributed by atoms with Crippen LogP contribution >= 0.6 is 11.8 Å². The largest absolute Gasteiger partial charge is 0.293 e. The van der Waals surface area contributed by atoms with Gasteiger partial charge in [-0.2, -0.15) is 0 Å². The number of rotatable bonds is 6. The van der Waals surface area contributed by atoms with Crippen LogP contribution in [-0.2, 0) is 6.54 Å². The maximum absolute atomic E-state index is 13.1. The van der Waals surface area contributed by atoms with Gasteiger partial charge in [-0.1, -0.05) is 84.6 Å². The Kier molecular flexibility index (Phi) is 5.35. The van der Waals surface area contributed by atoms with Gasteiger partial charge in [-0.15, -0.1) is 0 Å². The molecule has 3 aromatic carbocycles. The number of fused-ring (bicyclic) bond motifs is 1. The highest BCUT2D eigenvalue weighted by molar-refractivity contribution is 7.99. The molecular weight excluding hydrogens is 368 g/mol. The first-order valence-electron chi connectivity index (χ1n) is 8.97. The fourth-order valence-electron chi connectivity index (χ4n) is 3.00. The zero-order valence-corrected chi connectivity index (χ0v) is 15.9. The number of carbonyl (C=O) groups is 1. The first kappa shape index (κ1) is 18.2. The van der Waals surface area contributed by atoms with Crippen molar-refractivity contribution in [2.75, 3.05) is 5.75 Å². The number of para-hydroxylation sites is 1. The molecule has 0 radical (unpaired) electrons. The molecule has 0 saturated carbocycles. The average molecular weight is 386 g/mol. The van der Waals surface area contributed by atoms with Crippen molar-refractivity contribution in [2.24, 2.45) is 0 Å². The Morgan fingerprint density at radius 3 is 2.25 bits per heavy atom. The van der Waals surface area contributed by atoms with Crippen molar-refractivity contribution in [3.05, 3.63) is 106 Å². The van der Waals surface area contributed by atoms with Crippen LogP contribution in [0.15, 0.2) is 94.9 Å². The smallest absolute Gasteiger partial charge is 0.262 e. The molecule has 1 aromatic heterocycles. The van der Waals surface area contributed by atoms with Crippen molar-refractivity contribution >= 4 is 28.4 Å². The zero-order valence-electron chi connectivity index (χ0n) is 15.1. The summed E-state index contributed by atoms with van der Waals surface area (Å²) in [6, 6.07) is 26.3. The Bertz CT molecular complexity index is 1170. The summed E-state index contributed by atoms with van der Waals surface area (Å²) in [6.07, 6.45) is 0. The van der Waals surface area contributed by atoms with Crippen LogP contribution in [0.5, 0.6) is 0 Å². The van der Waals surface area contributed by atoms with Gasteiger partial charge in [0.25, 0.3) is 5.56 Å². The van der Waals surface area contributed by atoms with Gasteiger partial charge in [0.2, 0.25) is 0 Å². The van der Waals surface area contributed by atoms with E-state index in [4.69, 9.17) is 0 Å². The molecule has 0 aliphatic carbocycles. The first-order valence-corrected chi connectivity index (χ1v) is 9.95. The van der Waals surface area contributed by atoms with Crippen LogP contribution in [0.3, 0.4) is 0 Å². The van der Waals surface area contributed by atoms with Gasteiger partial charge >= 0.3 is 0 Å². The van der Waals surface area contributed by atoms with E-state index in [1.807, 2.05) is 66.7 Å². The molecule has 5 heteroatoms. The fourth-order valence-corrected chi connectivity index (χ4v) is 3.89. The van der Waals surface area contributed by atoms with Gasteiger partial charge in [-0.3, -0.25) is 14.2 Å². The zero-order chi connectivity index (χ0) is 19.3. The topological polar surface area (TPSA) is 52.0 Å². The number of nitrogens with zero attached hydrogens (tertiary/aromatic N) is 2. The highest BCUT2D eigenvalue weighted by Gasteiger charge is 2.14. The predicted octanol–water partition coefficient (Wildman–Crippen LogP) is 4.42. The molecule has 0 aliphatic rings. The Morgan fingerprint density at radius 2 is 1.50 bits per heavy atom. The van der Waals surface area contributed by atoms with E-state index in [0.29, 0.717) is 28.2 Å². The Balaban J connectivity index is 1.70. The summed E-state index contributed by atoms with van der Waals surface area (Å²) in [6.45, 7) is 0.416. The van der Waals surface area contributed by atoms with Crippen molar-refractivity contribution in [3.8, 4) is 0 Å².